The molecule has 0 N–H and O–H groups in total. The molecule has 2 amide bonds. The molecule has 2 aromatic rings. The molecular formula is C23H27F2N3O2. The molecule has 0 bridgehead atoms. The van der Waals surface area contributed by atoms with Gasteiger partial charge in [0.15, 0.2) is 11.6 Å². The van der Waals surface area contributed by atoms with Crippen LogP contribution in [0.15, 0.2) is 42.5 Å². The summed E-state index contributed by atoms with van der Waals surface area (Å²) >= 11 is 0. The Kier molecular flexibility index (Phi) is 6.70. The van der Waals surface area contributed by atoms with Gasteiger partial charge in [-0.1, -0.05) is 0 Å². The topological polar surface area (TPSA) is 43.9 Å². The van der Waals surface area contributed by atoms with Crippen molar-refractivity contribution in [3.05, 3.63) is 65.2 Å². The lowest BCUT2D eigenvalue weighted by atomic mass is 10.1. The predicted molar refractivity (Wildman–Crippen MR) is 113 cm³/mol. The van der Waals surface area contributed by atoms with E-state index in [-0.39, 0.29) is 17.4 Å². The van der Waals surface area contributed by atoms with Crippen molar-refractivity contribution in [1.82, 2.24) is 9.80 Å². The first kappa shape index (κ1) is 21.7. The van der Waals surface area contributed by atoms with Gasteiger partial charge in [-0.05, 0) is 63.2 Å². The molecule has 1 heterocycles. The molecule has 0 saturated carbocycles. The summed E-state index contributed by atoms with van der Waals surface area (Å²) in [6, 6.07) is 11.1. The molecule has 1 saturated heterocycles. The van der Waals surface area contributed by atoms with Gasteiger partial charge in [-0.3, -0.25) is 9.59 Å². The highest BCUT2D eigenvalue weighted by Crippen LogP contribution is 2.19. The van der Waals surface area contributed by atoms with Crippen LogP contribution in [-0.4, -0.2) is 60.4 Å². The molecule has 5 nitrogen and oxygen atoms in total. The summed E-state index contributed by atoms with van der Waals surface area (Å²) in [4.78, 5) is 30.9. The van der Waals surface area contributed by atoms with Crippen molar-refractivity contribution in [2.75, 3.05) is 37.6 Å². The lowest BCUT2D eigenvalue weighted by Gasteiger charge is -2.35. The number of hydrogen-bond acceptors (Lipinski definition) is 3. The van der Waals surface area contributed by atoms with Crippen LogP contribution in [0.4, 0.5) is 14.5 Å². The fourth-order valence-corrected chi connectivity index (χ4v) is 3.75. The Balaban J connectivity index is 1.61. The van der Waals surface area contributed by atoms with Gasteiger partial charge in [0, 0.05) is 55.6 Å². The zero-order chi connectivity index (χ0) is 21.8. The third-order valence-electron chi connectivity index (χ3n) is 5.43. The van der Waals surface area contributed by atoms with Gasteiger partial charge in [-0.2, -0.15) is 0 Å². The fraction of sp³-hybridized carbons (Fsp3) is 0.391. The van der Waals surface area contributed by atoms with Gasteiger partial charge in [0.25, 0.3) is 11.8 Å². The van der Waals surface area contributed by atoms with E-state index in [2.05, 4.69) is 25.7 Å². The highest BCUT2D eigenvalue weighted by molar-refractivity contribution is 5.96. The maximum absolute atomic E-state index is 13.4. The Bertz CT molecular complexity index is 907. The predicted octanol–water partition coefficient (Wildman–Crippen LogP) is 3.80. The summed E-state index contributed by atoms with van der Waals surface area (Å²) in [6.45, 7) is 8.72. The van der Waals surface area contributed by atoms with Crippen LogP contribution in [0.3, 0.4) is 0 Å². The molecule has 1 fully saturated rings. The maximum Gasteiger partial charge on any atom is 0.254 e. The Morgan fingerprint density at radius 1 is 0.867 bits per heavy atom. The van der Waals surface area contributed by atoms with E-state index >= 15 is 0 Å². The van der Waals surface area contributed by atoms with Crippen LogP contribution in [0.5, 0.6) is 0 Å². The van der Waals surface area contributed by atoms with E-state index in [9.17, 15) is 18.4 Å². The number of carbonyl (C=O) groups is 2. The summed E-state index contributed by atoms with van der Waals surface area (Å²) in [5.41, 5.74) is 1.79. The number of amides is 2. The van der Waals surface area contributed by atoms with Gasteiger partial charge in [-0.15, -0.1) is 0 Å². The van der Waals surface area contributed by atoms with Gasteiger partial charge >= 0.3 is 0 Å². The molecule has 0 aliphatic carbocycles. The van der Waals surface area contributed by atoms with E-state index < -0.39 is 11.6 Å². The molecule has 1 aliphatic rings. The second kappa shape index (κ2) is 9.24. The molecule has 3 rings (SSSR count). The van der Waals surface area contributed by atoms with Crippen LogP contribution in [0.2, 0.25) is 0 Å². The molecule has 0 aromatic heterocycles. The molecule has 30 heavy (non-hydrogen) atoms. The quantitative estimate of drug-likeness (QED) is 0.746. The Morgan fingerprint density at radius 2 is 1.37 bits per heavy atom. The fourth-order valence-electron chi connectivity index (χ4n) is 3.75. The third kappa shape index (κ3) is 4.61. The highest BCUT2D eigenvalue weighted by Gasteiger charge is 2.26. The normalized spacial score (nSPS) is 14.2. The van der Waals surface area contributed by atoms with Crippen LogP contribution < -0.4 is 4.90 Å². The molecule has 0 atom stereocenters. The standard InChI is InChI=1S/C23H27F2N3O2/c1-4-28(16(2)3)19-8-5-17(6-9-19)22(29)26-11-13-27(14-12-26)23(30)18-7-10-20(24)21(25)15-18/h5-10,15-16H,4,11-14H2,1-3H3. The van der Waals surface area contributed by atoms with Crippen LogP contribution in [-0.2, 0) is 0 Å². The van der Waals surface area contributed by atoms with Crippen molar-refractivity contribution in [3.8, 4) is 0 Å². The first-order valence-corrected chi connectivity index (χ1v) is 10.2. The van der Waals surface area contributed by atoms with Crippen molar-refractivity contribution in [3.63, 3.8) is 0 Å². The lowest BCUT2D eigenvalue weighted by Crippen LogP contribution is -2.50. The number of piperazine rings is 1. The van der Waals surface area contributed by atoms with E-state index in [1.807, 2.05) is 24.3 Å². The molecule has 2 aromatic carbocycles. The maximum atomic E-state index is 13.4. The number of halogens is 2. The first-order valence-electron chi connectivity index (χ1n) is 10.2. The summed E-state index contributed by atoms with van der Waals surface area (Å²) in [5, 5.41) is 0. The van der Waals surface area contributed by atoms with Crippen molar-refractivity contribution < 1.29 is 18.4 Å². The SMILES string of the molecule is CCN(c1ccc(C(=O)N2CCN(C(=O)c3ccc(F)c(F)c3)CC2)cc1)C(C)C. The third-order valence-corrected chi connectivity index (χ3v) is 5.43. The number of benzene rings is 2. The van der Waals surface area contributed by atoms with Gasteiger partial charge in [0.05, 0.1) is 0 Å². The minimum atomic E-state index is -1.04. The van der Waals surface area contributed by atoms with Gasteiger partial charge in [0.1, 0.15) is 0 Å². The van der Waals surface area contributed by atoms with Crippen LogP contribution in [0, 0.1) is 11.6 Å². The number of nitrogens with zero attached hydrogens (tertiary/aromatic N) is 3. The van der Waals surface area contributed by atoms with Gasteiger partial charge in [0.2, 0.25) is 0 Å². The number of rotatable bonds is 5. The Hall–Kier alpha value is -2.96. The monoisotopic (exact) mass is 415 g/mol. The molecular weight excluding hydrogens is 388 g/mol. The van der Waals surface area contributed by atoms with E-state index in [0.29, 0.717) is 37.8 Å². The second-order valence-electron chi connectivity index (χ2n) is 7.64. The van der Waals surface area contributed by atoms with Crippen molar-refractivity contribution in [2.24, 2.45) is 0 Å². The minimum Gasteiger partial charge on any atom is -0.369 e. The zero-order valence-corrected chi connectivity index (χ0v) is 17.6. The van der Waals surface area contributed by atoms with E-state index in [1.165, 1.54) is 6.07 Å². The Morgan fingerprint density at radius 3 is 1.83 bits per heavy atom. The lowest BCUT2D eigenvalue weighted by molar-refractivity contribution is 0.0535. The number of hydrogen-bond donors (Lipinski definition) is 0. The zero-order valence-electron chi connectivity index (χ0n) is 17.6. The summed E-state index contributed by atoms with van der Waals surface area (Å²) in [5.74, 6) is -2.46. The van der Waals surface area contributed by atoms with Crippen LogP contribution in [0.25, 0.3) is 0 Å². The van der Waals surface area contributed by atoms with E-state index in [1.54, 1.807) is 9.80 Å². The molecule has 0 unspecified atom stereocenters. The van der Waals surface area contributed by atoms with Crippen LogP contribution >= 0.6 is 0 Å². The Labute approximate surface area is 175 Å². The summed E-state index contributed by atoms with van der Waals surface area (Å²) < 4.78 is 26.5. The minimum absolute atomic E-state index is 0.0749. The summed E-state index contributed by atoms with van der Waals surface area (Å²) in [6.07, 6.45) is 0. The van der Waals surface area contributed by atoms with Crippen molar-refractivity contribution >= 4 is 17.5 Å². The first-order chi connectivity index (χ1) is 14.3. The summed E-state index contributed by atoms with van der Waals surface area (Å²) in [7, 11) is 0. The van der Waals surface area contributed by atoms with Gasteiger partial charge in [-0.25, -0.2) is 8.78 Å². The molecule has 1 aliphatic heterocycles. The second-order valence-corrected chi connectivity index (χ2v) is 7.64. The van der Waals surface area contributed by atoms with Crippen LogP contribution in [0.1, 0.15) is 41.5 Å². The molecule has 160 valence electrons. The number of carbonyl (C=O) groups excluding carboxylic acids is 2. The van der Waals surface area contributed by atoms with Gasteiger partial charge < -0.3 is 14.7 Å². The molecule has 0 spiro atoms. The average molecular weight is 415 g/mol. The van der Waals surface area contributed by atoms with E-state index in [4.69, 9.17) is 0 Å². The largest absolute Gasteiger partial charge is 0.369 e. The molecule has 0 radical (unpaired) electrons. The van der Waals surface area contributed by atoms with Crippen molar-refractivity contribution in [1.29, 1.82) is 0 Å². The number of anilines is 1. The average Bonchev–Trinajstić information content (AvgIpc) is 2.75. The molecule has 7 heteroatoms. The highest BCUT2D eigenvalue weighted by atomic mass is 19.2. The van der Waals surface area contributed by atoms with Crippen molar-refractivity contribution in [2.45, 2.75) is 26.8 Å². The van der Waals surface area contributed by atoms with E-state index in [0.717, 1.165) is 24.4 Å². The smallest absolute Gasteiger partial charge is 0.254 e.